The summed E-state index contributed by atoms with van der Waals surface area (Å²) in [4.78, 5) is 35.7. The lowest BCUT2D eigenvalue weighted by Crippen LogP contribution is -2.60. The SMILES string of the molecule is CC(C)C[C@H](N)C(=O)N[C@H](C(=O)N[C@@H](C(=O)O)C(C)(C)S)[C@@H](C)O. The first kappa shape index (κ1) is 22.7. The van der Waals surface area contributed by atoms with Crippen LogP contribution < -0.4 is 16.4 Å². The van der Waals surface area contributed by atoms with Gasteiger partial charge in [-0.15, -0.1) is 0 Å². The Labute approximate surface area is 148 Å². The molecule has 140 valence electrons. The number of aliphatic hydroxyl groups excluding tert-OH is 1. The summed E-state index contributed by atoms with van der Waals surface area (Å²) in [6, 6.07) is -3.43. The van der Waals surface area contributed by atoms with Crippen molar-refractivity contribution < 1.29 is 24.6 Å². The van der Waals surface area contributed by atoms with E-state index in [4.69, 9.17) is 5.73 Å². The molecular weight excluding hydrogens is 334 g/mol. The number of hydrogen-bond acceptors (Lipinski definition) is 6. The number of amides is 2. The highest BCUT2D eigenvalue weighted by Gasteiger charge is 2.37. The molecule has 0 aromatic carbocycles. The van der Waals surface area contributed by atoms with Crippen molar-refractivity contribution in [3.8, 4) is 0 Å². The van der Waals surface area contributed by atoms with Crippen molar-refractivity contribution in [3.63, 3.8) is 0 Å². The molecule has 0 fully saturated rings. The van der Waals surface area contributed by atoms with Crippen LogP contribution in [0.5, 0.6) is 0 Å². The van der Waals surface area contributed by atoms with Crippen LogP contribution in [0.3, 0.4) is 0 Å². The fourth-order valence-electron chi connectivity index (χ4n) is 2.05. The molecule has 0 aromatic rings. The van der Waals surface area contributed by atoms with Gasteiger partial charge in [-0.3, -0.25) is 9.59 Å². The van der Waals surface area contributed by atoms with E-state index in [9.17, 15) is 24.6 Å². The minimum Gasteiger partial charge on any atom is -0.480 e. The van der Waals surface area contributed by atoms with E-state index in [0.29, 0.717) is 6.42 Å². The molecule has 2 amide bonds. The molecule has 24 heavy (non-hydrogen) atoms. The lowest BCUT2D eigenvalue weighted by atomic mass is 10.0. The first-order valence-corrected chi connectivity index (χ1v) is 8.21. The number of carboxylic acids is 1. The highest BCUT2D eigenvalue weighted by atomic mass is 32.1. The van der Waals surface area contributed by atoms with Crippen LogP contribution >= 0.6 is 12.6 Å². The molecule has 8 nitrogen and oxygen atoms in total. The number of carboxylic acid groups (broad SMARTS) is 1. The molecule has 0 radical (unpaired) electrons. The predicted octanol–water partition coefficient (Wildman–Crippen LogP) is -0.497. The van der Waals surface area contributed by atoms with Crippen molar-refractivity contribution in [2.75, 3.05) is 0 Å². The molecule has 0 saturated heterocycles. The van der Waals surface area contributed by atoms with Crippen molar-refractivity contribution >= 4 is 30.4 Å². The van der Waals surface area contributed by atoms with Gasteiger partial charge in [0.25, 0.3) is 0 Å². The number of carbonyl (C=O) groups excluding carboxylic acids is 2. The van der Waals surface area contributed by atoms with Crippen LogP contribution in [-0.4, -0.2) is 57.0 Å². The molecule has 0 aliphatic heterocycles. The number of thiol groups is 1. The largest absolute Gasteiger partial charge is 0.480 e. The fourth-order valence-corrected chi connectivity index (χ4v) is 2.23. The van der Waals surface area contributed by atoms with Crippen molar-refractivity contribution in [2.45, 2.75) is 70.0 Å². The summed E-state index contributed by atoms with van der Waals surface area (Å²) >= 11 is 4.16. The average molecular weight is 363 g/mol. The van der Waals surface area contributed by atoms with E-state index >= 15 is 0 Å². The van der Waals surface area contributed by atoms with E-state index in [-0.39, 0.29) is 5.92 Å². The van der Waals surface area contributed by atoms with Crippen LogP contribution in [0.1, 0.15) is 41.0 Å². The molecule has 0 aromatic heterocycles. The molecule has 0 aliphatic carbocycles. The maximum atomic E-state index is 12.3. The van der Waals surface area contributed by atoms with Gasteiger partial charge in [0.1, 0.15) is 12.1 Å². The number of rotatable bonds is 9. The van der Waals surface area contributed by atoms with Crippen molar-refractivity contribution in [1.29, 1.82) is 0 Å². The number of aliphatic hydroxyl groups is 1. The first-order valence-electron chi connectivity index (χ1n) is 7.77. The number of hydrogen-bond donors (Lipinski definition) is 6. The maximum absolute atomic E-state index is 12.3. The average Bonchev–Trinajstić information content (AvgIpc) is 2.38. The second-order valence-electron chi connectivity index (χ2n) is 6.90. The summed E-state index contributed by atoms with van der Waals surface area (Å²) in [6.07, 6.45) is -0.806. The molecule has 0 heterocycles. The Morgan fingerprint density at radius 1 is 1.12 bits per heavy atom. The van der Waals surface area contributed by atoms with Crippen molar-refractivity contribution in [2.24, 2.45) is 11.7 Å². The van der Waals surface area contributed by atoms with Gasteiger partial charge in [0, 0.05) is 4.75 Å². The van der Waals surface area contributed by atoms with E-state index in [0.717, 1.165) is 0 Å². The van der Waals surface area contributed by atoms with Gasteiger partial charge in [0.05, 0.1) is 12.1 Å². The van der Waals surface area contributed by atoms with Crippen LogP contribution in [0.4, 0.5) is 0 Å². The third-order valence-corrected chi connectivity index (χ3v) is 3.62. The second-order valence-corrected chi connectivity index (χ2v) is 8.05. The monoisotopic (exact) mass is 363 g/mol. The molecule has 0 spiro atoms. The Bertz CT molecular complexity index is 463. The Hall–Kier alpha value is -1.32. The first-order chi connectivity index (χ1) is 10.8. The zero-order valence-electron chi connectivity index (χ0n) is 14.7. The summed E-state index contributed by atoms with van der Waals surface area (Å²) in [5, 5.41) is 23.6. The van der Waals surface area contributed by atoms with E-state index < -0.39 is 46.8 Å². The smallest absolute Gasteiger partial charge is 0.327 e. The quantitative estimate of drug-likeness (QED) is 0.305. The topological polar surface area (TPSA) is 142 Å². The van der Waals surface area contributed by atoms with Crippen LogP contribution in [0, 0.1) is 5.92 Å². The second kappa shape index (κ2) is 9.24. The molecular formula is C15H29N3O5S. The van der Waals surface area contributed by atoms with Gasteiger partial charge in [-0.2, -0.15) is 12.6 Å². The number of carbonyl (C=O) groups is 3. The summed E-state index contributed by atoms with van der Waals surface area (Å²) in [5.74, 6) is -2.48. The van der Waals surface area contributed by atoms with E-state index in [1.165, 1.54) is 20.8 Å². The lowest BCUT2D eigenvalue weighted by Gasteiger charge is -2.30. The van der Waals surface area contributed by atoms with Crippen molar-refractivity contribution in [1.82, 2.24) is 10.6 Å². The van der Waals surface area contributed by atoms with Crippen LogP contribution in [-0.2, 0) is 14.4 Å². The molecule has 9 heteroatoms. The Kier molecular flexibility index (Phi) is 8.73. The highest BCUT2D eigenvalue weighted by Crippen LogP contribution is 2.18. The van der Waals surface area contributed by atoms with Gasteiger partial charge < -0.3 is 26.6 Å². The van der Waals surface area contributed by atoms with E-state index in [2.05, 4.69) is 23.3 Å². The molecule has 0 aliphatic rings. The van der Waals surface area contributed by atoms with Crippen LogP contribution in [0.2, 0.25) is 0 Å². The maximum Gasteiger partial charge on any atom is 0.327 e. The highest BCUT2D eigenvalue weighted by molar-refractivity contribution is 7.81. The minimum absolute atomic E-state index is 0.186. The summed E-state index contributed by atoms with van der Waals surface area (Å²) in [7, 11) is 0. The Morgan fingerprint density at radius 3 is 1.96 bits per heavy atom. The molecule has 0 unspecified atom stereocenters. The predicted molar refractivity (Wildman–Crippen MR) is 93.7 cm³/mol. The summed E-state index contributed by atoms with van der Waals surface area (Å²) in [6.45, 7) is 8.18. The number of nitrogens with two attached hydrogens (primary N) is 1. The molecule has 4 atom stereocenters. The Balaban J connectivity index is 5.09. The third kappa shape index (κ3) is 7.50. The fraction of sp³-hybridized carbons (Fsp3) is 0.800. The molecule has 0 rings (SSSR count). The van der Waals surface area contributed by atoms with Gasteiger partial charge >= 0.3 is 5.97 Å². The van der Waals surface area contributed by atoms with Gasteiger partial charge in [-0.25, -0.2) is 4.79 Å². The van der Waals surface area contributed by atoms with Crippen LogP contribution in [0.15, 0.2) is 0 Å². The summed E-state index contributed by atoms with van der Waals surface area (Å²) < 4.78 is -1.04. The van der Waals surface area contributed by atoms with E-state index in [1.54, 1.807) is 0 Å². The van der Waals surface area contributed by atoms with Crippen molar-refractivity contribution in [3.05, 3.63) is 0 Å². The standard InChI is InChI=1S/C15H29N3O5S/c1-7(2)6-9(16)12(20)17-10(8(3)19)13(21)18-11(14(22)23)15(4,5)24/h7-11,19,24H,6,16H2,1-5H3,(H,17,20)(H,18,21)(H,22,23)/t8-,9+,10+,11+/m1/s1. The van der Waals surface area contributed by atoms with Crippen LogP contribution in [0.25, 0.3) is 0 Å². The number of nitrogens with one attached hydrogen (secondary N) is 2. The normalized spacial score (nSPS) is 16.9. The van der Waals surface area contributed by atoms with Gasteiger partial charge in [0.15, 0.2) is 0 Å². The molecule has 0 bridgehead atoms. The zero-order chi connectivity index (χ0) is 19.2. The van der Waals surface area contributed by atoms with Gasteiger partial charge in [-0.1, -0.05) is 13.8 Å². The van der Waals surface area contributed by atoms with E-state index in [1.807, 2.05) is 13.8 Å². The van der Waals surface area contributed by atoms with Gasteiger partial charge in [0.2, 0.25) is 11.8 Å². The molecule has 6 N–H and O–H groups in total. The third-order valence-electron chi connectivity index (χ3n) is 3.36. The Morgan fingerprint density at radius 2 is 1.62 bits per heavy atom. The van der Waals surface area contributed by atoms with Gasteiger partial charge in [-0.05, 0) is 33.1 Å². The zero-order valence-corrected chi connectivity index (χ0v) is 15.6. The summed E-state index contributed by atoms with van der Waals surface area (Å²) in [5.41, 5.74) is 5.75. The minimum atomic E-state index is -1.31. The number of aliphatic carboxylic acids is 1. The molecule has 0 saturated carbocycles. The lowest BCUT2D eigenvalue weighted by molar-refractivity contribution is -0.143.